The Bertz CT molecular complexity index is 663. The molecule has 0 spiro atoms. The molecule has 1 aromatic rings. The minimum absolute atomic E-state index is 0.183. The first kappa shape index (κ1) is 18.8. The molecular formula is C14H18F3NO5S. The van der Waals surface area contributed by atoms with Crippen LogP contribution in [0.15, 0.2) is 18.2 Å². The van der Waals surface area contributed by atoms with Crippen molar-refractivity contribution in [2.45, 2.75) is 12.7 Å². The van der Waals surface area contributed by atoms with Crippen LogP contribution in [0.5, 0.6) is 11.5 Å². The van der Waals surface area contributed by atoms with Crippen LogP contribution >= 0.6 is 0 Å². The number of halogens is 3. The molecule has 6 nitrogen and oxygen atoms in total. The fourth-order valence-electron chi connectivity index (χ4n) is 2.16. The highest BCUT2D eigenvalue weighted by atomic mass is 32.2. The van der Waals surface area contributed by atoms with Crippen LogP contribution in [0.1, 0.15) is 5.56 Å². The first-order valence-corrected chi connectivity index (χ1v) is 8.74. The highest BCUT2D eigenvalue weighted by molar-refractivity contribution is 7.89. The summed E-state index contributed by atoms with van der Waals surface area (Å²) < 4.78 is 78.3. The molecule has 0 amide bonds. The number of rotatable bonds is 7. The maximum absolute atomic E-state index is 12.8. The van der Waals surface area contributed by atoms with E-state index in [0.717, 1.165) is 0 Å². The summed E-state index contributed by atoms with van der Waals surface area (Å²) in [5.74, 6) is 0.346. The van der Waals surface area contributed by atoms with Crippen molar-refractivity contribution in [1.29, 1.82) is 0 Å². The van der Waals surface area contributed by atoms with Gasteiger partial charge in [-0.3, -0.25) is 0 Å². The summed E-state index contributed by atoms with van der Waals surface area (Å²) in [6.45, 7) is -1.44. The molecule has 0 atom stereocenters. The zero-order chi connectivity index (χ0) is 17.8. The molecule has 0 aromatic heterocycles. The Balaban J connectivity index is 2.21. The second-order valence-corrected chi connectivity index (χ2v) is 7.26. The molecule has 0 bridgehead atoms. The van der Waals surface area contributed by atoms with Crippen LogP contribution in [0.3, 0.4) is 0 Å². The summed E-state index contributed by atoms with van der Waals surface area (Å²) in [6.07, 6.45) is -4.64. The fraction of sp³-hybridized carbons (Fsp3) is 0.571. The van der Waals surface area contributed by atoms with Crippen LogP contribution in [-0.4, -0.2) is 58.1 Å². The molecule has 1 heterocycles. The van der Waals surface area contributed by atoms with Gasteiger partial charge in [0, 0.05) is 13.7 Å². The van der Waals surface area contributed by atoms with E-state index < -0.39 is 35.0 Å². The molecule has 0 unspecified atom stereocenters. The van der Waals surface area contributed by atoms with E-state index in [2.05, 4.69) is 4.74 Å². The predicted octanol–water partition coefficient (Wildman–Crippen LogP) is 1.80. The maximum Gasteiger partial charge on any atom is 0.402 e. The predicted molar refractivity (Wildman–Crippen MR) is 79.6 cm³/mol. The molecule has 10 heteroatoms. The van der Waals surface area contributed by atoms with Crippen molar-refractivity contribution in [3.63, 3.8) is 0 Å². The lowest BCUT2D eigenvalue weighted by Gasteiger charge is -2.24. The van der Waals surface area contributed by atoms with Gasteiger partial charge < -0.3 is 14.2 Å². The molecule has 24 heavy (non-hydrogen) atoms. The summed E-state index contributed by atoms with van der Waals surface area (Å²) in [5, 5.41) is 0. The van der Waals surface area contributed by atoms with Gasteiger partial charge in [-0.1, -0.05) is 6.07 Å². The van der Waals surface area contributed by atoms with Crippen LogP contribution < -0.4 is 9.47 Å². The van der Waals surface area contributed by atoms with Gasteiger partial charge in [0.1, 0.15) is 19.8 Å². The Hall–Kier alpha value is -1.52. The number of hydrogen-bond acceptors (Lipinski definition) is 5. The molecular weight excluding hydrogens is 351 g/mol. The van der Waals surface area contributed by atoms with Gasteiger partial charge in [0.2, 0.25) is 10.0 Å². The fourth-order valence-corrected chi connectivity index (χ4v) is 3.48. The quantitative estimate of drug-likeness (QED) is 0.733. The third kappa shape index (κ3) is 5.25. The van der Waals surface area contributed by atoms with Crippen molar-refractivity contribution < 1.29 is 35.8 Å². The second kappa shape index (κ2) is 7.58. The molecule has 0 fully saturated rings. The number of nitrogens with zero attached hydrogens (tertiary/aromatic N) is 1. The van der Waals surface area contributed by atoms with E-state index in [1.165, 1.54) is 19.2 Å². The molecule has 0 radical (unpaired) electrons. The summed E-state index contributed by atoms with van der Waals surface area (Å²) in [7, 11) is -2.84. The molecule has 0 saturated carbocycles. The largest absolute Gasteiger partial charge is 0.486 e. The topological polar surface area (TPSA) is 65.1 Å². The molecule has 2 rings (SSSR count). The van der Waals surface area contributed by atoms with Gasteiger partial charge in [-0.25, -0.2) is 8.42 Å². The van der Waals surface area contributed by atoms with Crippen molar-refractivity contribution >= 4 is 10.0 Å². The van der Waals surface area contributed by atoms with E-state index in [-0.39, 0.29) is 6.61 Å². The van der Waals surface area contributed by atoms with Crippen LogP contribution in [0.4, 0.5) is 13.2 Å². The molecule has 1 aromatic carbocycles. The Morgan fingerprint density at radius 2 is 1.88 bits per heavy atom. The number of benzene rings is 1. The lowest BCUT2D eigenvalue weighted by molar-refractivity contribution is -0.136. The van der Waals surface area contributed by atoms with Gasteiger partial charge in [-0.15, -0.1) is 0 Å². The van der Waals surface area contributed by atoms with Crippen molar-refractivity contribution in [1.82, 2.24) is 4.31 Å². The van der Waals surface area contributed by atoms with E-state index >= 15 is 0 Å². The lowest BCUT2D eigenvalue weighted by atomic mass is 10.2. The van der Waals surface area contributed by atoms with E-state index in [1.807, 2.05) is 0 Å². The minimum Gasteiger partial charge on any atom is -0.486 e. The SMILES string of the molecule is COCCS(=O)(=O)N(Cc1ccc2c(c1)OCCO2)CC(F)(F)F. The van der Waals surface area contributed by atoms with Crippen molar-refractivity contribution in [3.05, 3.63) is 23.8 Å². The van der Waals surface area contributed by atoms with Gasteiger partial charge >= 0.3 is 6.18 Å². The van der Waals surface area contributed by atoms with Gasteiger partial charge in [0.15, 0.2) is 11.5 Å². The number of sulfonamides is 1. The smallest absolute Gasteiger partial charge is 0.402 e. The van der Waals surface area contributed by atoms with Crippen LogP contribution in [0.2, 0.25) is 0 Å². The zero-order valence-electron chi connectivity index (χ0n) is 13.0. The highest BCUT2D eigenvalue weighted by Crippen LogP contribution is 2.31. The first-order valence-electron chi connectivity index (χ1n) is 7.13. The normalized spacial score (nSPS) is 14.9. The van der Waals surface area contributed by atoms with E-state index in [9.17, 15) is 21.6 Å². The Morgan fingerprint density at radius 3 is 2.50 bits per heavy atom. The van der Waals surface area contributed by atoms with Crippen LogP contribution in [-0.2, 0) is 21.3 Å². The third-order valence-electron chi connectivity index (χ3n) is 3.26. The van der Waals surface area contributed by atoms with Crippen molar-refractivity contribution in [2.75, 3.05) is 39.2 Å². The second-order valence-electron chi connectivity index (χ2n) is 5.17. The van der Waals surface area contributed by atoms with E-state index in [4.69, 9.17) is 9.47 Å². The molecule has 0 N–H and O–H groups in total. The number of methoxy groups -OCH3 is 1. The molecule has 0 saturated heterocycles. The van der Waals surface area contributed by atoms with Crippen molar-refractivity contribution in [3.8, 4) is 11.5 Å². The van der Waals surface area contributed by atoms with Gasteiger partial charge in [-0.05, 0) is 17.7 Å². The Labute approximate surface area is 138 Å². The highest BCUT2D eigenvalue weighted by Gasteiger charge is 2.36. The number of ether oxygens (including phenoxy) is 3. The van der Waals surface area contributed by atoms with E-state index in [1.54, 1.807) is 6.07 Å². The summed E-state index contributed by atoms with van der Waals surface area (Å²) in [4.78, 5) is 0. The summed E-state index contributed by atoms with van der Waals surface area (Å²) in [5.41, 5.74) is 0.379. The Morgan fingerprint density at radius 1 is 1.21 bits per heavy atom. The third-order valence-corrected chi connectivity index (χ3v) is 4.99. The lowest BCUT2D eigenvalue weighted by Crippen LogP contribution is -2.40. The standard InChI is InChI=1S/C14H18F3NO5S/c1-21-6-7-24(19,20)18(10-14(15,16)17)9-11-2-3-12-13(8-11)23-5-4-22-12/h2-3,8H,4-7,9-10H2,1H3. The van der Waals surface area contributed by atoms with Gasteiger partial charge in [-0.2, -0.15) is 17.5 Å². The maximum atomic E-state index is 12.8. The Kier molecular flexibility index (Phi) is 5.94. The van der Waals surface area contributed by atoms with Gasteiger partial charge in [0.25, 0.3) is 0 Å². The zero-order valence-corrected chi connectivity index (χ0v) is 13.8. The van der Waals surface area contributed by atoms with Crippen molar-refractivity contribution in [2.24, 2.45) is 0 Å². The molecule has 1 aliphatic heterocycles. The van der Waals surface area contributed by atoms with Crippen LogP contribution in [0, 0.1) is 0 Å². The molecule has 136 valence electrons. The molecule has 1 aliphatic rings. The average molecular weight is 369 g/mol. The van der Waals surface area contributed by atoms with Crippen LogP contribution in [0.25, 0.3) is 0 Å². The first-order chi connectivity index (χ1) is 11.2. The number of hydrogen-bond donors (Lipinski definition) is 0. The molecule has 0 aliphatic carbocycles. The summed E-state index contributed by atoms with van der Waals surface area (Å²) in [6, 6.07) is 4.56. The summed E-state index contributed by atoms with van der Waals surface area (Å²) >= 11 is 0. The minimum atomic E-state index is -4.64. The monoisotopic (exact) mass is 369 g/mol. The number of fused-ring (bicyclic) bond motifs is 1. The number of alkyl halides is 3. The van der Waals surface area contributed by atoms with Gasteiger partial charge in [0.05, 0.1) is 12.4 Å². The van der Waals surface area contributed by atoms with E-state index in [0.29, 0.717) is 34.6 Å². The average Bonchev–Trinajstić information content (AvgIpc) is 2.51.